The van der Waals surface area contributed by atoms with Gasteiger partial charge < -0.3 is 5.32 Å². The molecule has 1 aromatic carbocycles. The number of alkyl halides is 6. The van der Waals surface area contributed by atoms with E-state index in [4.69, 9.17) is 0 Å². The van der Waals surface area contributed by atoms with Crippen LogP contribution in [-0.2, 0) is 11.0 Å². The van der Waals surface area contributed by atoms with Crippen molar-refractivity contribution in [2.75, 3.05) is 5.32 Å². The highest BCUT2D eigenvalue weighted by Crippen LogP contribution is 2.35. The Bertz CT molecular complexity index is 1090. The van der Waals surface area contributed by atoms with Crippen molar-refractivity contribution in [2.24, 2.45) is 5.92 Å². The number of aryl methyl sites for hydroxylation is 1. The molecule has 0 radical (unpaired) electrons. The van der Waals surface area contributed by atoms with Gasteiger partial charge in [0.25, 0.3) is 0 Å². The van der Waals surface area contributed by atoms with Crippen LogP contribution in [0.3, 0.4) is 0 Å². The monoisotopic (exact) mass is 430 g/mol. The van der Waals surface area contributed by atoms with Crippen LogP contribution in [0.4, 0.5) is 32.2 Å². The molecular weight excluding hydrogens is 414 g/mol. The molecule has 160 valence electrons. The maximum absolute atomic E-state index is 13.1. The van der Waals surface area contributed by atoms with E-state index in [0.717, 1.165) is 19.1 Å². The minimum absolute atomic E-state index is 0.0350. The van der Waals surface area contributed by atoms with Crippen molar-refractivity contribution in [1.82, 2.24) is 14.6 Å². The van der Waals surface area contributed by atoms with Crippen LogP contribution in [-0.4, -0.2) is 26.7 Å². The number of imidazole rings is 1. The minimum atomic E-state index is -4.61. The Balaban J connectivity index is 2.07. The third-order valence-electron chi connectivity index (χ3n) is 4.38. The number of amides is 1. The highest BCUT2D eigenvalue weighted by atomic mass is 19.4. The van der Waals surface area contributed by atoms with Crippen LogP contribution in [0.15, 0.2) is 36.4 Å². The number of hydrogen-bond donors (Lipinski definition) is 1. The minimum Gasteiger partial charge on any atom is -0.309 e. The van der Waals surface area contributed by atoms with Gasteiger partial charge in [0, 0.05) is 12.0 Å². The average Bonchev–Trinajstić information content (AvgIpc) is 2.97. The maximum atomic E-state index is 13.1. The van der Waals surface area contributed by atoms with E-state index in [1.807, 2.05) is 0 Å². The Morgan fingerprint density at radius 2 is 1.83 bits per heavy atom. The summed E-state index contributed by atoms with van der Waals surface area (Å²) >= 11 is 0. The summed E-state index contributed by atoms with van der Waals surface area (Å²) in [5.41, 5.74) is -0.100. The number of aromatic nitrogens is 3. The summed E-state index contributed by atoms with van der Waals surface area (Å²) in [6, 6.07) is 7.44. The molecule has 1 atom stereocenters. The van der Waals surface area contributed by atoms with Gasteiger partial charge in [-0.05, 0) is 31.2 Å². The summed E-state index contributed by atoms with van der Waals surface area (Å²) in [6.45, 7) is 2.51. The van der Waals surface area contributed by atoms with Crippen LogP contribution in [0.5, 0.6) is 0 Å². The van der Waals surface area contributed by atoms with Gasteiger partial charge in [0.1, 0.15) is 5.69 Å². The quantitative estimate of drug-likeness (QED) is 0.575. The van der Waals surface area contributed by atoms with E-state index in [-0.39, 0.29) is 22.7 Å². The first-order valence-corrected chi connectivity index (χ1v) is 8.77. The van der Waals surface area contributed by atoms with E-state index in [2.05, 4.69) is 15.4 Å². The number of rotatable bonds is 4. The van der Waals surface area contributed by atoms with Gasteiger partial charge in [-0.15, -0.1) is 0 Å². The number of benzene rings is 1. The van der Waals surface area contributed by atoms with Gasteiger partial charge in [0.05, 0.1) is 17.2 Å². The molecule has 0 spiro atoms. The van der Waals surface area contributed by atoms with Gasteiger partial charge in [-0.25, -0.2) is 9.50 Å². The molecule has 5 nitrogen and oxygen atoms in total. The number of carbonyl (C=O) groups excluding carboxylic acids is 1. The molecule has 11 heteroatoms. The summed E-state index contributed by atoms with van der Waals surface area (Å²) in [5.74, 6) is -3.04. The van der Waals surface area contributed by atoms with Crippen molar-refractivity contribution in [3.05, 3.63) is 47.7 Å². The van der Waals surface area contributed by atoms with Crippen LogP contribution in [0.2, 0.25) is 0 Å². The summed E-state index contributed by atoms with van der Waals surface area (Å²) in [6.07, 6.45) is -10.0. The van der Waals surface area contributed by atoms with E-state index >= 15 is 0 Å². The van der Waals surface area contributed by atoms with Gasteiger partial charge >= 0.3 is 12.4 Å². The van der Waals surface area contributed by atoms with E-state index < -0.39 is 36.2 Å². The molecule has 1 amide bonds. The molecular formula is C19H16F6N4O. The van der Waals surface area contributed by atoms with Crippen molar-refractivity contribution < 1.29 is 31.1 Å². The molecule has 0 fully saturated rings. The third-order valence-corrected chi connectivity index (χ3v) is 4.38. The number of nitrogens with zero attached hydrogens (tertiary/aromatic N) is 3. The van der Waals surface area contributed by atoms with Crippen molar-refractivity contribution in [1.29, 1.82) is 0 Å². The maximum Gasteiger partial charge on any atom is 0.416 e. The molecule has 2 aromatic heterocycles. The van der Waals surface area contributed by atoms with Crippen LogP contribution in [0.25, 0.3) is 16.9 Å². The number of halogens is 6. The number of carbonyl (C=O) groups is 1. The molecule has 3 aromatic rings. The van der Waals surface area contributed by atoms with Crippen molar-refractivity contribution in [2.45, 2.75) is 32.6 Å². The predicted octanol–water partition coefficient (Wildman–Crippen LogP) is 5.25. The second kappa shape index (κ2) is 7.62. The number of anilines is 1. The fourth-order valence-corrected chi connectivity index (χ4v) is 2.79. The number of nitrogens with one attached hydrogen (secondary N) is 1. The Hall–Kier alpha value is -3.11. The van der Waals surface area contributed by atoms with E-state index in [9.17, 15) is 31.1 Å². The van der Waals surface area contributed by atoms with Crippen LogP contribution in [0, 0.1) is 12.8 Å². The number of hydrogen-bond acceptors (Lipinski definition) is 3. The Morgan fingerprint density at radius 3 is 2.47 bits per heavy atom. The summed E-state index contributed by atoms with van der Waals surface area (Å²) in [7, 11) is 0. The normalized spacial score (nSPS) is 13.5. The summed E-state index contributed by atoms with van der Waals surface area (Å²) < 4.78 is 78.9. The molecule has 0 aliphatic carbocycles. The van der Waals surface area contributed by atoms with Crippen LogP contribution < -0.4 is 5.32 Å². The molecule has 1 unspecified atom stereocenters. The zero-order valence-electron chi connectivity index (χ0n) is 15.8. The second-order valence-electron chi connectivity index (χ2n) is 6.83. The molecule has 2 heterocycles. The Kier molecular flexibility index (Phi) is 5.48. The molecule has 0 aliphatic heterocycles. The lowest BCUT2D eigenvalue weighted by molar-refractivity contribution is -0.173. The van der Waals surface area contributed by atoms with Crippen LogP contribution >= 0.6 is 0 Å². The number of fused-ring (bicyclic) bond motifs is 1. The molecule has 1 N–H and O–H groups in total. The first kappa shape index (κ1) is 21.6. The molecule has 3 rings (SSSR count). The third kappa shape index (κ3) is 4.55. The van der Waals surface area contributed by atoms with Gasteiger partial charge in [0.15, 0.2) is 11.5 Å². The molecule has 0 saturated carbocycles. The summed E-state index contributed by atoms with van der Waals surface area (Å²) in [4.78, 5) is 16.3. The van der Waals surface area contributed by atoms with Gasteiger partial charge in [0.2, 0.25) is 5.91 Å². The fraction of sp³-hybridized carbons (Fsp3) is 0.316. The van der Waals surface area contributed by atoms with E-state index in [0.29, 0.717) is 5.69 Å². The summed E-state index contributed by atoms with van der Waals surface area (Å²) in [5, 5.41) is 6.50. The van der Waals surface area contributed by atoms with Gasteiger partial charge in [-0.1, -0.05) is 19.1 Å². The average molecular weight is 430 g/mol. The van der Waals surface area contributed by atoms with Crippen LogP contribution in [0.1, 0.15) is 24.6 Å². The largest absolute Gasteiger partial charge is 0.416 e. The zero-order valence-corrected chi connectivity index (χ0v) is 15.8. The first-order chi connectivity index (χ1) is 13.9. The molecule has 0 bridgehead atoms. The van der Waals surface area contributed by atoms with E-state index in [1.165, 1.54) is 22.7 Å². The van der Waals surface area contributed by atoms with E-state index in [1.54, 1.807) is 13.0 Å². The zero-order chi connectivity index (χ0) is 22.3. The lowest BCUT2D eigenvalue weighted by Gasteiger charge is -2.15. The van der Waals surface area contributed by atoms with Gasteiger partial charge in [-0.2, -0.15) is 31.4 Å². The van der Waals surface area contributed by atoms with Crippen molar-refractivity contribution in [3.63, 3.8) is 0 Å². The van der Waals surface area contributed by atoms with Crippen molar-refractivity contribution >= 4 is 17.4 Å². The Morgan fingerprint density at radius 1 is 1.13 bits per heavy atom. The molecule has 0 saturated heterocycles. The highest BCUT2D eigenvalue weighted by Gasteiger charge is 2.37. The second-order valence-corrected chi connectivity index (χ2v) is 6.83. The fourth-order valence-electron chi connectivity index (χ4n) is 2.79. The van der Waals surface area contributed by atoms with Crippen molar-refractivity contribution in [3.8, 4) is 11.3 Å². The topological polar surface area (TPSA) is 59.3 Å². The Labute approximate surface area is 166 Å². The lowest BCUT2D eigenvalue weighted by atomic mass is 10.1. The molecule has 0 aliphatic rings. The van der Waals surface area contributed by atoms with Gasteiger partial charge in [-0.3, -0.25) is 4.79 Å². The smallest absolute Gasteiger partial charge is 0.309 e. The highest BCUT2D eigenvalue weighted by molar-refractivity contribution is 5.94. The molecule has 30 heavy (non-hydrogen) atoms. The first-order valence-electron chi connectivity index (χ1n) is 8.77. The SMILES string of the molecule is Cc1ccc2nc(NC(=O)CC(C)C(F)(F)F)c(-c3cccc(C(F)(F)F)c3)n2n1. The lowest BCUT2D eigenvalue weighted by Crippen LogP contribution is -2.25. The predicted molar refractivity (Wildman–Crippen MR) is 96.6 cm³/mol. The standard InChI is InChI=1S/C19H16F6N4O/c1-10(18(20,21)22)8-15(30)27-17-16(29-14(26-17)7-6-11(2)28-29)12-4-3-5-13(9-12)19(23,24)25/h3-7,9-10H,8H2,1-2H3,(H,27,30).